The summed E-state index contributed by atoms with van der Waals surface area (Å²) < 4.78 is 5.73. The van der Waals surface area contributed by atoms with Gasteiger partial charge >= 0.3 is 0 Å². The molecular weight excluding hydrogens is 198 g/mol. The highest BCUT2D eigenvalue weighted by Gasteiger charge is 2.14. The molecule has 0 saturated heterocycles. The fourth-order valence-electron chi connectivity index (χ4n) is 2.13. The summed E-state index contributed by atoms with van der Waals surface area (Å²) in [5.41, 5.74) is 2.78. The van der Waals surface area contributed by atoms with Crippen LogP contribution in [0.3, 0.4) is 0 Å². The molecule has 0 amide bonds. The standard InChI is InChI=1S/C14H17NO/c1-11(9-15)10-16-14-8-4-6-12-5-2-3-7-13(12)14/h4,6,8,11H,2-3,5,7,10H2,1H3. The van der Waals surface area contributed by atoms with Gasteiger partial charge in [-0.15, -0.1) is 0 Å². The summed E-state index contributed by atoms with van der Waals surface area (Å²) in [7, 11) is 0. The molecule has 2 rings (SSSR count). The van der Waals surface area contributed by atoms with Crippen LogP contribution in [0.4, 0.5) is 0 Å². The second-order valence-electron chi connectivity index (χ2n) is 4.44. The van der Waals surface area contributed by atoms with E-state index in [1.54, 1.807) is 0 Å². The number of aryl methyl sites for hydroxylation is 1. The van der Waals surface area contributed by atoms with E-state index in [2.05, 4.69) is 18.2 Å². The highest BCUT2D eigenvalue weighted by molar-refractivity contribution is 5.41. The number of benzene rings is 1. The average Bonchev–Trinajstić information content (AvgIpc) is 2.35. The van der Waals surface area contributed by atoms with Gasteiger partial charge in [-0.2, -0.15) is 5.26 Å². The number of ether oxygens (including phenoxy) is 1. The second-order valence-corrected chi connectivity index (χ2v) is 4.44. The third-order valence-corrected chi connectivity index (χ3v) is 3.06. The Kier molecular flexibility index (Phi) is 3.46. The Balaban J connectivity index is 2.12. The van der Waals surface area contributed by atoms with Gasteiger partial charge in [-0.1, -0.05) is 12.1 Å². The fraction of sp³-hybridized carbons (Fsp3) is 0.500. The van der Waals surface area contributed by atoms with Crippen molar-refractivity contribution in [3.63, 3.8) is 0 Å². The summed E-state index contributed by atoms with van der Waals surface area (Å²) in [6.45, 7) is 2.38. The number of nitriles is 1. The molecule has 1 aromatic rings. The first-order chi connectivity index (χ1) is 7.81. The molecule has 1 atom stereocenters. The molecule has 2 heteroatoms. The molecule has 0 fully saturated rings. The molecule has 1 aromatic carbocycles. The molecule has 1 aliphatic carbocycles. The Morgan fingerprint density at radius 1 is 1.38 bits per heavy atom. The number of hydrogen-bond acceptors (Lipinski definition) is 2. The lowest BCUT2D eigenvalue weighted by molar-refractivity contribution is 0.284. The average molecular weight is 215 g/mol. The van der Waals surface area contributed by atoms with E-state index in [1.165, 1.54) is 30.4 Å². The predicted molar refractivity (Wildman–Crippen MR) is 63.4 cm³/mol. The predicted octanol–water partition coefficient (Wildman–Crippen LogP) is 3.10. The summed E-state index contributed by atoms with van der Waals surface area (Å²) >= 11 is 0. The van der Waals surface area contributed by atoms with Gasteiger partial charge in [0.1, 0.15) is 12.4 Å². The molecule has 2 nitrogen and oxygen atoms in total. The van der Waals surface area contributed by atoms with Crippen molar-refractivity contribution in [3.05, 3.63) is 29.3 Å². The highest BCUT2D eigenvalue weighted by atomic mass is 16.5. The maximum atomic E-state index is 8.72. The Morgan fingerprint density at radius 3 is 3.00 bits per heavy atom. The zero-order chi connectivity index (χ0) is 11.4. The minimum atomic E-state index is -0.0422. The van der Waals surface area contributed by atoms with E-state index in [0.29, 0.717) is 6.61 Å². The minimum absolute atomic E-state index is 0.0422. The van der Waals surface area contributed by atoms with Crippen LogP contribution in [-0.4, -0.2) is 6.61 Å². The molecular formula is C14H17NO. The molecule has 1 aliphatic rings. The van der Waals surface area contributed by atoms with Gasteiger partial charge in [0, 0.05) is 0 Å². The van der Waals surface area contributed by atoms with Crippen molar-refractivity contribution < 1.29 is 4.74 Å². The first kappa shape index (κ1) is 11.0. The van der Waals surface area contributed by atoms with Gasteiger partial charge in [0.2, 0.25) is 0 Å². The third-order valence-electron chi connectivity index (χ3n) is 3.06. The van der Waals surface area contributed by atoms with E-state index in [0.717, 1.165) is 12.2 Å². The highest BCUT2D eigenvalue weighted by Crippen LogP contribution is 2.29. The SMILES string of the molecule is CC(C#N)COc1cccc2c1CCCC2. The zero-order valence-electron chi connectivity index (χ0n) is 9.70. The second kappa shape index (κ2) is 5.03. The number of hydrogen-bond donors (Lipinski definition) is 0. The largest absolute Gasteiger partial charge is 0.492 e. The lowest BCUT2D eigenvalue weighted by Gasteiger charge is -2.19. The Bertz CT molecular complexity index is 406. The number of fused-ring (bicyclic) bond motifs is 1. The van der Waals surface area contributed by atoms with Crippen LogP contribution < -0.4 is 4.74 Å². The van der Waals surface area contributed by atoms with Crippen molar-refractivity contribution >= 4 is 0 Å². The molecule has 16 heavy (non-hydrogen) atoms. The maximum Gasteiger partial charge on any atom is 0.122 e. The lowest BCUT2D eigenvalue weighted by atomic mass is 9.91. The summed E-state index contributed by atoms with van der Waals surface area (Å²) in [6, 6.07) is 8.45. The van der Waals surface area contributed by atoms with E-state index in [1.807, 2.05) is 13.0 Å². The normalized spacial score (nSPS) is 16.0. The topological polar surface area (TPSA) is 33.0 Å². The molecule has 0 heterocycles. The van der Waals surface area contributed by atoms with Crippen LogP contribution in [0.15, 0.2) is 18.2 Å². The van der Waals surface area contributed by atoms with Gasteiger partial charge in [-0.3, -0.25) is 0 Å². The smallest absolute Gasteiger partial charge is 0.122 e. The Hall–Kier alpha value is -1.49. The number of rotatable bonds is 3. The molecule has 0 aromatic heterocycles. The van der Waals surface area contributed by atoms with E-state index >= 15 is 0 Å². The first-order valence-electron chi connectivity index (χ1n) is 5.94. The van der Waals surface area contributed by atoms with Gasteiger partial charge in [0.25, 0.3) is 0 Å². The fourth-order valence-corrected chi connectivity index (χ4v) is 2.13. The molecule has 0 N–H and O–H groups in total. The van der Waals surface area contributed by atoms with E-state index in [4.69, 9.17) is 10.00 Å². The van der Waals surface area contributed by atoms with Crippen molar-refractivity contribution in [3.8, 4) is 11.8 Å². The van der Waals surface area contributed by atoms with Gasteiger partial charge in [0.05, 0.1) is 12.0 Å². The summed E-state index contributed by atoms with van der Waals surface area (Å²) in [5, 5.41) is 8.72. The molecule has 84 valence electrons. The Morgan fingerprint density at radius 2 is 2.19 bits per heavy atom. The number of nitrogens with zero attached hydrogens (tertiary/aromatic N) is 1. The zero-order valence-corrected chi connectivity index (χ0v) is 9.70. The van der Waals surface area contributed by atoms with Gasteiger partial charge in [0.15, 0.2) is 0 Å². The van der Waals surface area contributed by atoms with E-state index in [9.17, 15) is 0 Å². The molecule has 1 unspecified atom stereocenters. The maximum absolute atomic E-state index is 8.72. The van der Waals surface area contributed by atoms with Crippen molar-refractivity contribution in [2.24, 2.45) is 5.92 Å². The third kappa shape index (κ3) is 2.36. The Labute approximate surface area is 96.9 Å². The molecule has 0 spiro atoms. The minimum Gasteiger partial charge on any atom is -0.492 e. The first-order valence-corrected chi connectivity index (χ1v) is 5.94. The van der Waals surface area contributed by atoms with Crippen LogP contribution in [0.5, 0.6) is 5.75 Å². The summed E-state index contributed by atoms with van der Waals surface area (Å²) in [4.78, 5) is 0. The van der Waals surface area contributed by atoms with Crippen molar-refractivity contribution in [1.82, 2.24) is 0 Å². The van der Waals surface area contributed by atoms with Gasteiger partial charge < -0.3 is 4.74 Å². The van der Waals surface area contributed by atoms with E-state index in [-0.39, 0.29) is 5.92 Å². The van der Waals surface area contributed by atoms with Crippen LogP contribution in [0, 0.1) is 17.2 Å². The van der Waals surface area contributed by atoms with Crippen LogP contribution in [0.25, 0.3) is 0 Å². The quantitative estimate of drug-likeness (QED) is 0.776. The van der Waals surface area contributed by atoms with E-state index < -0.39 is 0 Å². The van der Waals surface area contributed by atoms with Crippen LogP contribution in [0.2, 0.25) is 0 Å². The van der Waals surface area contributed by atoms with Crippen molar-refractivity contribution in [2.75, 3.05) is 6.61 Å². The van der Waals surface area contributed by atoms with Crippen molar-refractivity contribution in [1.29, 1.82) is 5.26 Å². The van der Waals surface area contributed by atoms with Gasteiger partial charge in [-0.25, -0.2) is 0 Å². The van der Waals surface area contributed by atoms with Crippen molar-refractivity contribution in [2.45, 2.75) is 32.6 Å². The summed E-state index contributed by atoms with van der Waals surface area (Å²) in [6.07, 6.45) is 4.82. The van der Waals surface area contributed by atoms with Crippen LogP contribution >= 0.6 is 0 Å². The molecule has 0 saturated carbocycles. The monoisotopic (exact) mass is 215 g/mol. The van der Waals surface area contributed by atoms with Crippen LogP contribution in [-0.2, 0) is 12.8 Å². The van der Waals surface area contributed by atoms with Gasteiger partial charge in [-0.05, 0) is 49.8 Å². The van der Waals surface area contributed by atoms with Crippen LogP contribution in [0.1, 0.15) is 30.9 Å². The molecule has 0 radical (unpaired) electrons. The molecule has 0 bridgehead atoms. The lowest BCUT2D eigenvalue weighted by Crippen LogP contribution is -2.10. The summed E-state index contributed by atoms with van der Waals surface area (Å²) in [5.74, 6) is 0.943. The molecule has 0 aliphatic heterocycles.